The molecular weight excluding hydrogens is 721 g/mol. The lowest BCUT2D eigenvalue weighted by Gasteiger charge is -2.36. The van der Waals surface area contributed by atoms with E-state index in [0.29, 0.717) is 36.9 Å². The Balaban J connectivity index is 1.25. The van der Waals surface area contributed by atoms with Crippen LogP contribution < -0.4 is 10.6 Å². The number of carbonyl (C=O) groups excluding carboxylic acids is 7. The van der Waals surface area contributed by atoms with Gasteiger partial charge in [-0.1, -0.05) is 69.7 Å². The van der Waals surface area contributed by atoms with Gasteiger partial charge in [0.25, 0.3) is 11.8 Å². The van der Waals surface area contributed by atoms with Crippen LogP contribution in [0.25, 0.3) is 0 Å². The van der Waals surface area contributed by atoms with Crippen molar-refractivity contribution in [1.29, 1.82) is 0 Å². The molecule has 2 aliphatic heterocycles. The lowest BCUT2D eigenvalue weighted by Crippen LogP contribution is -2.60. The third kappa shape index (κ3) is 8.80. The average Bonchev–Trinajstić information content (AvgIpc) is 3.96. The van der Waals surface area contributed by atoms with Crippen molar-refractivity contribution in [2.45, 2.75) is 103 Å². The van der Waals surface area contributed by atoms with E-state index in [-0.39, 0.29) is 61.7 Å². The molecule has 2 aromatic carbocycles. The molecule has 0 aromatic heterocycles. The highest BCUT2D eigenvalue weighted by Gasteiger charge is 2.52. The Labute approximate surface area is 335 Å². The summed E-state index contributed by atoms with van der Waals surface area (Å²) in [5.41, 5.74) is 2.21. The number of Topliss-reactive ketones (excluding diaryl/α,β-unsaturated/α-hetero) is 3. The van der Waals surface area contributed by atoms with Gasteiger partial charge in [0.1, 0.15) is 6.04 Å². The van der Waals surface area contributed by atoms with Crippen molar-refractivity contribution >= 4 is 41.1 Å². The van der Waals surface area contributed by atoms with Gasteiger partial charge in [-0.05, 0) is 85.0 Å². The number of terminal acetylenes is 1. The minimum atomic E-state index is -1.01. The molecule has 6 rings (SSSR count). The second-order valence-electron chi connectivity index (χ2n) is 17.2. The second-order valence-corrected chi connectivity index (χ2v) is 17.2. The van der Waals surface area contributed by atoms with Gasteiger partial charge >= 0.3 is 6.03 Å². The Morgan fingerprint density at radius 1 is 0.947 bits per heavy atom. The summed E-state index contributed by atoms with van der Waals surface area (Å²) in [6.07, 6.45) is 11.3. The zero-order valence-electron chi connectivity index (χ0n) is 33.3. The molecule has 0 bridgehead atoms. The number of nitrogens with zero attached hydrogens (tertiary/aromatic N) is 2. The normalized spacial score (nSPS) is 21.5. The number of allylic oxidation sites excluding steroid dienone is 1. The van der Waals surface area contributed by atoms with Crippen LogP contribution in [-0.2, 0) is 32.0 Å². The number of hydrogen-bond donors (Lipinski definition) is 2. The number of ketones is 3. The summed E-state index contributed by atoms with van der Waals surface area (Å²) < 4.78 is 0. The Hall–Kier alpha value is -5.37. The number of amides is 5. The van der Waals surface area contributed by atoms with Crippen LogP contribution in [0.5, 0.6) is 0 Å². The maximum atomic E-state index is 15.0. The standard InChI is InChI=1S/C46H54N4O7/c1-6-8-15-30(41(53)36(51)22-9-7-2)25-37(52)40-33-21-14-18-31(33)26-49(40)44(56)39(32-23-28-16-10-11-17-29(28)24-32)48-45(57)47-38(46(3,4)5)27-50-42(54)34-19-12-13-20-35(34)43(50)55/h1,7,10-13,16-17,19-20,30-33,38-40H,2,8-9,14-15,18,21-27H2,3-5H3,(H2,47,48,57)/t30?,31-,33-,38+,39-,40-/m0/s1. The van der Waals surface area contributed by atoms with Crippen LogP contribution in [0.3, 0.4) is 0 Å². The van der Waals surface area contributed by atoms with Crippen LogP contribution in [0.2, 0.25) is 0 Å². The van der Waals surface area contributed by atoms with Gasteiger partial charge in [-0.25, -0.2) is 4.79 Å². The number of rotatable bonds is 16. The van der Waals surface area contributed by atoms with E-state index in [2.05, 4.69) is 23.1 Å². The lowest BCUT2D eigenvalue weighted by molar-refractivity contribution is -0.143. The number of fused-ring (bicyclic) bond motifs is 3. The maximum absolute atomic E-state index is 15.0. The van der Waals surface area contributed by atoms with Gasteiger partial charge in [0.15, 0.2) is 11.6 Å². The van der Waals surface area contributed by atoms with Crippen LogP contribution in [0.15, 0.2) is 61.2 Å². The first-order valence-electron chi connectivity index (χ1n) is 20.3. The molecule has 1 saturated carbocycles. The van der Waals surface area contributed by atoms with Crippen molar-refractivity contribution in [2.75, 3.05) is 13.1 Å². The summed E-state index contributed by atoms with van der Waals surface area (Å²) in [7, 11) is 0. The molecule has 1 saturated heterocycles. The molecular formula is C46H54N4O7. The maximum Gasteiger partial charge on any atom is 0.315 e. The van der Waals surface area contributed by atoms with Gasteiger partial charge in [0.2, 0.25) is 11.7 Å². The van der Waals surface area contributed by atoms with E-state index in [0.717, 1.165) is 35.3 Å². The Bertz CT molecular complexity index is 1930. The fraction of sp³-hybridized carbons (Fsp3) is 0.500. The number of hydrogen-bond acceptors (Lipinski definition) is 7. The number of carbonyl (C=O) groups is 7. The van der Waals surface area contributed by atoms with Crippen LogP contribution in [0.4, 0.5) is 4.79 Å². The SMILES string of the molecule is C#CCCC(CC(=O)[C@@H]1[C@H]2CCC[C@H]2CN1C(=O)[C@@H](NC(=O)N[C@H](CN1C(=O)c2ccccc2C1=O)C(C)(C)C)C1Cc2ccccc2C1)C(=O)C(=O)CCC=C. The number of imide groups is 1. The van der Waals surface area contributed by atoms with E-state index in [1.807, 2.05) is 45.0 Å². The van der Waals surface area contributed by atoms with Crippen molar-refractivity contribution in [2.24, 2.45) is 29.1 Å². The first-order valence-corrected chi connectivity index (χ1v) is 20.3. The smallest absolute Gasteiger partial charge is 0.315 e. The minimum Gasteiger partial charge on any atom is -0.333 e. The van der Waals surface area contributed by atoms with E-state index in [4.69, 9.17) is 6.42 Å². The van der Waals surface area contributed by atoms with Crippen molar-refractivity contribution in [3.8, 4) is 12.3 Å². The third-order valence-corrected chi connectivity index (χ3v) is 12.5. The molecule has 11 nitrogen and oxygen atoms in total. The molecule has 0 spiro atoms. The zero-order chi connectivity index (χ0) is 41.0. The number of likely N-dealkylation sites (tertiary alicyclic amines) is 1. The molecule has 57 heavy (non-hydrogen) atoms. The molecule has 2 aliphatic carbocycles. The summed E-state index contributed by atoms with van der Waals surface area (Å²) in [6.45, 7) is 9.62. The molecule has 1 unspecified atom stereocenters. The quantitative estimate of drug-likeness (QED) is 0.0990. The van der Waals surface area contributed by atoms with Crippen LogP contribution in [0, 0.1) is 41.4 Å². The fourth-order valence-corrected chi connectivity index (χ4v) is 9.33. The largest absolute Gasteiger partial charge is 0.333 e. The number of nitrogens with one attached hydrogen (secondary N) is 2. The third-order valence-electron chi connectivity index (χ3n) is 12.5. The molecule has 300 valence electrons. The van der Waals surface area contributed by atoms with E-state index in [1.54, 1.807) is 35.2 Å². The van der Waals surface area contributed by atoms with Crippen LogP contribution in [0.1, 0.15) is 104 Å². The lowest BCUT2D eigenvalue weighted by atomic mass is 9.84. The van der Waals surface area contributed by atoms with Crippen molar-refractivity contribution in [1.82, 2.24) is 20.4 Å². The second kappa shape index (κ2) is 17.4. The van der Waals surface area contributed by atoms with E-state index < -0.39 is 58.9 Å². The summed E-state index contributed by atoms with van der Waals surface area (Å²) in [5, 5.41) is 6.02. The topological polar surface area (TPSA) is 150 Å². The molecule has 2 fully saturated rings. The highest BCUT2D eigenvalue weighted by molar-refractivity contribution is 6.38. The van der Waals surface area contributed by atoms with Crippen molar-refractivity contribution in [3.05, 3.63) is 83.4 Å². The summed E-state index contributed by atoms with van der Waals surface area (Å²) in [5.74, 6) is -1.33. The summed E-state index contributed by atoms with van der Waals surface area (Å²) >= 11 is 0. The van der Waals surface area contributed by atoms with Crippen molar-refractivity contribution < 1.29 is 33.6 Å². The molecule has 2 heterocycles. The summed E-state index contributed by atoms with van der Waals surface area (Å²) in [4.78, 5) is 99.2. The Morgan fingerprint density at radius 2 is 1.58 bits per heavy atom. The van der Waals surface area contributed by atoms with E-state index >= 15 is 4.79 Å². The Kier molecular flexibility index (Phi) is 12.6. The van der Waals surface area contributed by atoms with Gasteiger partial charge in [0, 0.05) is 31.7 Å². The first-order chi connectivity index (χ1) is 27.2. The van der Waals surface area contributed by atoms with Gasteiger partial charge in [-0.2, -0.15) is 0 Å². The van der Waals surface area contributed by atoms with Gasteiger partial charge in [0.05, 0.1) is 29.8 Å². The van der Waals surface area contributed by atoms with Gasteiger partial charge in [-0.15, -0.1) is 18.9 Å². The van der Waals surface area contributed by atoms with Gasteiger partial charge < -0.3 is 15.5 Å². The summed E-state index contributed by atoms with van der Waals surface area (Å²) in [6, 6.07) is 11.4. The highest BCUT2D eigenvalue weighted by Crippen LogP contribution is 2.44. The first kappa shape index (κ1) is 41.3. The predicted octanol–water partition coefficient (Wildman–Crippen LogP) is 5.50. The van der Waals surface area contributed by atoms with Gasteiger partial charge in [-0.3, -0.25) is 33.7 Å². The molecule has 0 radical (unpaired) electrons. The fourth-order valence-electron chi connectivity index (χ4n) is 9.33. The predicted molar refractivity (Wildman–Crippen MR) is 215 cm³/mol. The highest BCUT2D eigenvalue weighted by atomic mass is 16.2. The number of urea groups is 1. The van der Waals surface area contributed by atoms with Crippen LogP contribution >= 0.6 is 0 Å². The molecule has 6 atom stereocenters. The van der Waals surface area contributed by atoms with E-state index in [1.165, 1.54) is 0 Å². The monoisotopic (exact) mass is 774 g/mol. The molecule has 11 heteroatoms. The van der Waals surface area contributed by atoms with E-state index in [9.17, 15) is 28.8 Å². The van der Waals surface area contributed by atoms with Crippen molar-refractivity contribution in [3.63, 3.8) is 0 Å². The number of benzene rings is 2. The van der Waals surface area contributed by atoms with Crippen LogP contribution in [-0.4, -0.2) is 82.1 Å². The molecule has 2 N–H and O–H groups in total. The molecule has 2 aromatic rings. The minimum absolute atomic E-state index is 0.00930. The zero-order valence-corrected chi connectivity index (χ0v) is 33.3. The molecule has 4 aliphatic rings. The Morgan fingerprint density at radius 3 is 2.18 bits per heavy atom. The average molecular weight is 775 g/mol. The molecule has 5 amide bonds.